The predicted octanol–water partition coefficient (Wildman–Crippen LogP) is 1.52. The molecule has 230 valence electrons. The number of nitrogens with zero attached hydrogens (tertiary/aromatic N) is 4. The Morgan fingerprint density at radius 2 is 1.22 bits per heavy atom. The molecular formula is C27H30N6Na2O8S2. The zero-order valence-electron chi connectivity index (χ0n) is 22.4. The molecule has 0 saturated heterocycles. The van der Waals surface area contributed by atoms with Crippen molar-refractivity contribution in [3.63, 3.8) is 0 Å². The SMILES string of the molecule is O=S(=O)(O)c1ccccc1/C=C/c1cccc(Nc2nc(Nc3ccccc3)nc(N(CCO)CCO)n2)c1S(=O)(=O)O.[NaH].[NaH]. The van der Waals surface area contributed by atoms with Gasteiger partial charge in [0.1, 0.15) is 9.79 Å². The van der Waals surface area contributed by atoms with Gasteiger partial charge in [-0.15, -0.1) is 0 Å². The molecule has 14 nitrogen and oxygen atoms in total. The van der Waals surface area contributed by atoms with E-state index in [0.717, 1.165) is 0 Å². The van der Waals surface area contributed by atoms with Gasteiger partial charge in [-0.05, 0) is 35.4 Å². The Morgan fingerprint density at radius 3 is 1.82 bits per heavy atom. The maximum atomic E-state index is 12.6. The number of hydrogen-bond donors (Lipinski definition) is 6. The van der Waals surface area contributed by atoms with Crippen LogP contribution in [0.25, 0.3) is 12.2 Å². The molecule has 18 heteroatoms. The second-order valence-electron chi connectivity index (χ2n) is 8.88. The van der Waals surface area contributed by atoms with Gasteiger partial charge in [0.2, 0.25) is 17.8 Å². The summed E-state index contributed by atoms with van der Waals surface area (Å²) < 4.78 is 68.4. The fraction of sp³-hybridized carbons (Fsp3) is 0.148. The van der Waals surface area contributed by atoms with Crippen molar-refractivity contribution < 1.29 is 36.2 Å². The zero-order valence-corrected chi connectivity index (χ0v) is 24.1. The minimum atomic E-state index is -4.87. The van der Waals surface area contributed by atoms with Crippen LogP contribution in [0.5, 0.6) is 0 Å². The molecule has 0 radical (unpaired) electrons. The summed E-state index contributed by atoms with van der Waals surface area (Å²) in [6, 6.07) is 18.7. The number of nitrogens with one attached hydrogen (secondary N) is 2. The summed E-state index contributed by atoms with van der Waals surface area (Å²) in [6.45, 7) is -0.372. The summed E-state index contributed by atoms with van der Waals surface area (Å²) in [7, 11) is -9.44. The summed E-state index contributed by atoms with van der Waals surface area (Å²) in [6.07, 6.45) is 2.55. The van der Waals surface area contributed by atoms with E-state index in [0.29, 0.717) is 5.69 Å². The van der Waals surface area contributed by atoms with Crippen LogP contribution in [0.15, 0.2) is 82.6 Å². The van der Waals surface area contributed by atoms with Crippen LogP contribution in [0.3, 0.4) is 0 Å². The first-order chi connectivity index (χ1) is 20.5. The van der Waals surface area contributed by atoms with Crippen molar-refractivity contribution in [2.45, 2.75) is 9.79 Å². The zero-order chi connectivity index (χ0) is 31.0. The van der Waals surface area contributed by atoms with Gasteiger partial charge in [0, 0.05) is 18.8 Å². The first-order valence-corrected chi connectivity index (χ1v) is 15.5. The monoisotopic (exact) mass is 676 g/mol. The van der Waals surface area contributed by atoms with Crippen molar-refractivity contribution in [1.29, 1.82) is 0 Å². The molecule has 4 aromatic rings. The second kappa shape index (κ2) is 17.5. The molecule has 6 N–H and O–H groups in total. The molecule has 0 spiro atoms. The minimum absolute atomic E-state index is 0. The topological polar surface area (TPSA) is 215 Å². The molecular weight excluding hydrogens is 646 g/mol. The maximum absolute atomic E-state index is 12.6. The number of aromatic nitrogens is 3. The fourth-order valence-corrected chi connectivity index (χ4v) is 5.56. The Kier molecular flexibility index (Phi) is 15.0. The van der Waals surface area contributed by atoms with Gasteiger partial charge in [0.25, 0.3) is 20.2 Å². The van der Waals surface area contributed by atoms with E-state index < -0.39 is 25.1 Å². The number of para-hydroxylation sites is 1. The van der Waals surface area contributed by atoms with Crippen LogP contribution in [-0.4, -0.2) is 137 Å². The van der Waals surface area contributed by atoms with Gasteiger partial charge in [-0.3, -0.25) is 9.11 Å². The van der Waals surface area contributed by atoms with Crippen molar-refractivity contribution in [3.8, 4) is 0 Å². The first kappa shape index (κ1) is 38.7. The predicted molar refractivity (Wildman–Crippen MR) is 175 cm³/mol. The van der Waals surface area contributed by atoms with Crippen molar-refractivity contribution in [3.05, 3.63) is 83.9 Å². The molecule has 0 bridgehead atoms. The van der Waals surface area contributed by atoms with Gasteiger partial charge in [-0.25, -0.2) is 0 Å². The van der Waals surface area contributed by atoms with E-state index >= 15 is 0 Å². The Balaban J connectivity index is 0.00000353. The van der Waals surface area contributed by atoms with Crippen LogP contribution in [0, 0.1) is 0 Å². The number of aliphatic hydroxyl groups is 2. The first-order valence-electron chi connectivity index (χ1n) is 12.7. The molecule has 0 amide bonds. The molecule has 0 fully saturated rings. The number of rotatable bonds is 13. The van der Waals surface area contributed by atoms with Gasteiger partial charge in [-0.2, -0.15) is 31.8 Å². The fourth-order valence-electron chi connectivity index (χ4n) is 4.05. The van der Waals surface area contributed by atoms with Crippen molar-refractivity contribution in [1.82, 2.24) is 15.0 Å². The van der Waals surface area contributed by atoms with Gasteiger partial charge in [-0.1, -0.05) is 60.7 Å². The van der Waals surface area contributed by atoms with Crippen molar-refractivity contribution in [2.75, 3.05) is 41.8 Å². The van der Waals surface area contributed by atoms with Gasteiger partial charge in [0.05, 0.1) is 18.9 Å². The average molecular weight is 677 g/mol. The van der Waals surface area contributed by atoms with Crippen LogP contribution in [0.2, 0.25) is 0 Å². The van der Waals surface area contributed by atoms with Crippen LogP contribution in [0.1, 0.15) is 11.1 Å². The van der Waals surface area contributed by atoms with E-state index in [1.807, 2.05) is 6.07 Å². The summed E-state index contributed by atoms with van der Waals surface area (Å²) in [5.41, 5.74) is 0.580. The Labute approximate surface area is 304 Å². The molecule has 0 atom stereocenters. The average Bonchev–Trinajstić information content (AvgIpc) is 2.95. The number of aliphatic hydroxyl groups excluding tert-OH is 2. The Morgan fingerprint density at radius 1 is 0.667 bits per heavy atom. The number of anilines is 5. The molecule has 0 aliphatic carbocycles. The third kappa shape index (κ3) is 10.8. The third-order valence-corrected chi connectivity index (χ3v) is 7.76. The number of benzene rings is 3. The van der Waals surface area contributed by atoms with E-state index in [-0.39, 0.29) is 125 Å². The number of hydrogen-bond acceptors (Lipinski definition) is 12. The molecule has 1 heterocycles. The van der Waals surface area contributed by atoms with Gasteiger partial charge in [0.15, 0.2) is 0 Å². The van der Waals surface area contributed by atoms with Gasteiger partial charge < -0.3 is 25.7 Å². The molecule has 0 saturated carbocycles. The summed E-state index contributed by atoms with van der Waals surface area (Å²) in [5, 5.41) is 24.8. The van der Waals surface area contributed by atoms with Crippen molar-refractivity contribution >= 4 is 121 Å². The molecule has 45 heavy (non-hydrogen) atoms. The molecule has 3 aromatic carbocycles. The van der Waals surface area contributed by atoms with Gasteiger partial charge >= 0.3 is 59.1 Å². The summed E-state index contributed by atoms with van der Waals surface area (Å²) in [4.78, 5) is 13.6. The standard InChI is InChI=1S/C27H28N6O8S2.2Na.2H/c34-17-15-33(16-18-35)27-31-25(28-21-9-2-1-3-10-21)30-26(32-27)29-22-11-6-8-20(24(22)43(39,40)41)14-13-19-7-4-5-12-23(19)42(36,37)38;;;;/h1-14,34-35H,15-18H2,(H,36,37,38)(H,39,40,41)(H2,28,29,30,31,32);;;;/b14-13+;;;;. The van der Waals surface area contributed by atoms with E-state index in [4.69, 9.17) is 0 Å². The van der Waals surface area contributed by atoms with E-state index in [1.54, 1.807) is 24.3 Å². The second-order valence-corrected chi connectivity index (χ2v) is 11.6. The Hall–Kier alpha value is -2.45. The molecule has 0 aliphatic rings. The molecule has 0 unspecified atom stereocenters. The normalized spacial score (nSPS) is 11.4. The van der Waals surface area contributed by atoms with Crippen LogP contribution in [-0.2, 0) is 20.2 Å². The van der Waals surface area contributed by atoms with Crippen LogP contribution in [0.4, 0.5) is 29.2 Å². The molecule has 0 aliphatic heterocycles. The quantitative estimate of drug-likeness (QED) is 0.0673. The van der Waals surface area contributed by atoms with E-state index in [9.17, 15) is 36.2 Å². The Bertz CT molecular complexity index is 1830. The van der Waals surface area contributed by atoms with Crippen LogP contribution < -0.4 is 15.5 Å². The van der Waals surface area contributed by atoms with Crippen molar-refractivity contribution in [2.24, 2.45) is 0 Å². The third-order valence-electron chi connectivity index (χ3n) is 5.87. The van der Waals surface area contributed by atoms with E-state index in [2.05, 4.69) is 25.6 Å². The van der Waals surface area contributed by atoms with Crippen LogP contribution >= 0.6 is 0 Å². The molecule has 1 aromatic heterocycles. The summed E-state index contributed by atoms with van der Waals surface area (Å²) in [5.74, 6) is -0.0109. The summed E-state index contributed by atoms with van der Waals surface area (Å²) >= 11 is 0. The molecule has 4 rings (SSSR count). The van der Waals surface area contributed by atoms with E-state index in [1.165, 1.54) is 59.5 Å².